The molecule has 2 fully saturated rings. The molecule has 2 aromatic carbocycles. The molecule has 3 aromatic rings. The summed E-state index contributed by atoms with van der Waals surface area (Å²) in [6.45, 7) is 7.56. The molecule has 1 saturated carbocycles. The summed E-state index contributed by atoms with van der Waals surface area (Å²) in [5, 5.41) is 6.67. The first-order valence-electron chi connectivity index (χ1n) is 12.4. The van der Waals surface area contributed by atoms with Crippen LogP contribution in [0.3, 0.4) is 0 Å². The Balaban J connectivity index is 1.40. The fourth-order valence-corrected chi connectivity index (χ4v) is 5.07. The first kappa shape index (κ1) is 25.0. The smallest absolute Gasteiger partial charge is 0.247 e. The normalized spacial score (nSPS) is 16.7. The summed E-state index contributed by atoms with van der Waals surface area (Å²) in [5.41, 5.74) is 4.13. The highest BCUT2D eigenvalue weighted by atomic mass is 35.5. The molecule has 8 nitrogen and oxygen atoms in total. The second kappa shape index (κ2) is 10.4. The maximum absolute atomic E-state index is 11.8. The molecule has 2 heterocycles. The van der Waals surface area contributed by atoms with Crippen LogP contribution in [0.25, 0.3) is 0 Å². The number of carbonyl (C=O) groups is 1. The van der Waals surface area contributed by atoms with Crippen molar-refractivity contribution in [3.05, 3.63) is 77.6 Å². The van der Waals surface area contributed by atoms with Crippen molar-refractivity contribution in [1.29, 1.82) is 0 Å². The molecule has 0 atom stereocenters. The zero-order chi connectivity index (χ0) is 26.0. The molecule has 0 unspecified atom stereocenters. The van der Waals surface area contributed by atoms with E-state index >= 15 is 0 Å². The molecule has 5 rings (SSSR count). The molecule has 1 aliphatic carbocycles. The lowest BCUT2D eigenvalue weighted by Gasteiger charge is -2.34. The van der Waals surface area contributed by atoms with E-state index in [4.69, 9.17) is 21.3 Å². The second-order valence-corrected chi connectivity index (χ2v) is 9.95. The van der Waals surface area contributed by atoms with Gasteiger partial charge in [0, 0.05) is 49.0 Å². The Morgan fingerprint density at radius 3 is 2.65 bits per heavy atom. The highest BCUT2D eigenvalue weighted by molar-refractivity contribution is 6.31. The van der Waals surface area contributed by atoms with Crippen LogP contribution in [0.4, 0.5) is 23.0 Å². The molecular weight excluding hydrogens is 488 g/mol. The van der Waals surface area contributed by atoms with Crippen molar-refractivity contribution in [2.75, 3.05) is 55.9 Å². The number of halogens is 1. The van der Waals surface area contributed by atoms with Gasteiger partial charge in [0.15, 0.2) is 0 Å². The maximum Gasteiger partial charge on any atom is 0.247 e. The summed E-state index contributed by atoms with van der Waals surface area (Å²) in [6, 6.07) is 13.9. The Hall–Kier alpha value is -3.62. The number of methoxy groups -OCH3 is 1. The number of hydrogen-bond donors (Lipinski definition) is 2. The number of anilines is 4. The van der Waals surface area contributed by atoms with Gasteiger partial charge < -0.3 is 25.2 Å². The first-order valence-corrected chi connectivity index (χ1v) is 12.8. The van der Waals surface area contributed by atoms with Crippen LogP contribution >= 0.6 is 11.6 Å². The highest BCUT2D eigenvalue weighted by Gasteiger charge is 2.49. The number of ether oxygens (including phenoxy) is 1. The number of nitrogens with zero attached hydrogens (tertiary/aromatic N) is 4. The van der Waals surface area contributed by atoms with Crippen LogP contribution in [0.5, 0.6) is 5.75 Å². The third kappa shape index (κ3) is 5.26. The van der Waals surface area contributed by atoms with E-state index in [1.54, 1.807) is 13.3 Å². The number of nitrogens with one attached hydrogen (secondary N) is 2. The number of piperazine rings is 1. The number of aromatic nitrogens is 2. The first-order chi connectivity index (χ1) is 17.9. The summed E-state index contributed by atoms with van der Waals surface area (Å²) in [6.07, 6.45) is 4.71. The van der Waals surface area contributed by atoms with E-state index in [1.807, 2.05) is 30.3 Å². The Bertz CT molecular complexity index is 1320. The molecule has 2 aliphatic rings. The molecule has 0 spiro atoms. The van der Waals surface area contributed by atoms with Gasteiger partial charge in [-0.05, 0) is 55.8 Å². The Labute approximate surface area is 222 Å². The number of amides is 1. The number of benzene rings is 2. The van der Waals surface area contributed by atoms with Crippen molar-refractivity contribution >= 4 is 40.5 Å². The number of hydrogen-bond acceptors (Lipinski definition) is 7. The number of likely N-dealkylation sites (N-methyl/N-ethyl adjacent to an activating group) is 1. The quantitative estimate of drug-likeness (QED) is 0.413. The summed E-state index contributed by atoms with van der Waals surface area (Å²) in [5.74, 6) is 0.928. The fraction of sp³-hybridized carbons (Fsp3) is 0.321. The molecule has 1 saturated heterocycles. The van der Waals surface area contributed by atoms with E-state index in [2.05, 4.69) is 51.2 Å². The molecular formula is C28H31ClN6O2. The topological polar surface area (TPSA) is 82.6 Å². The van der Waals surface area contributed by atoms with E-state index in [-0.39, 0.29) is 11.3 Å². The van der Waals surface area contributed by atoms with Gasteiger partial charge in [0.2, 0.25) is 11.9 Å². The van der Waals surface area contributed by atoms with Crippen LogP contribution in [-0.4, -0.2) is 61.1 Å². The lowest BCUT2D eigenvalue weighted by atomic mass is 9.91. The van der Waals surface area contributed by atoms with Crippen LogP contribution in [0, 0.1) is 0 Å². The van der Waals surface area contributed by atoms with Gasteiger partial charge in [-0.25, -0.2) is 9.97 Å². The summed E-state index contributed by atoms with van der Waals surface area (Å²) < 4.78 is 5.70. The van der Waals surface area contributed by atoms with Gasteiger partial charge >= 0.3 is 0 Å². The molecule has 37 heavy (non-hydrogen) atoms. The van der Waals surface area contributed by atoms with Crippen molar-refractivity contribution in [1.82, 2.24) is 14.9 Å². The van der Waals surface area contributed by atoms with E-state index < -0.39 is 0 Å². The van der Waals surface area contributed by atoms with E-state index in [9.17, 15) is 4.79 Å². The highest BCUT2D eigenvalue weighted by Crippen LogP contribution is 2.55. The Kier molecular flexibility index (Phi) is 7.04. The fourth-order valence-electron chi connectivity index (χ4n) is 4.80. The van der Waals surface area contributed by atoms with Crippen molar-refractivity contribution in [2.45, 2.75) is 18.3 Å². The largest absolute Gasteiger partial charge is 0.494 e. The third-order valence-electron chi connectivity index (χ3n) is 7.12. The lowest BCUT2D eigenvalue weighted by molar-refractivity contribution is -0.111. The monoisotopic (exact) mass is 518 g/mol. The number of rotatable bonds is 8. The van der Waals surface area contributed by atoms with Crippen LogP contribution in [-0.2, 0) is 10.2 Å². The maximum atomic E-state index is 11.8. The summed E-state index contributed by atoms with van der Waals surface area (Å²) in [4.78, 5) is 25.8. The van der Waals surface area contributed by atoms with E-state index in [0.717, 1.165) is 67.4 Å². The minimum atomic E-state index is -0.319. The van der Waals surface area contributed by atoms with Gasteiger partial charge in [-0.15, -0.1) is 0 Å². The lowest BCUT2D eigenvalue weighted by Crippen LogP contribution is -2.44. The molecule has 1 aliphatic heterocycles. The van der Waals surface area contributed by atoms with Crippen LogP contribution < -0.4 is 20.3 Å². The zero-order valence-electron chi connectivity index (χ0n) is 21.1. The molecule has 1 amide bonds. The van der Waals surface area contributed by atoms with Gasteiger partial charge in [0.05, 0.1) is 29.7 Å². The molecule has 9 heteroatoms. The Morgan fingerprint density at radius 1 is 1.16 bits per heavy atom. The van der Waals surface area contributed by atoms with Crippen LogP contribution in [0.2, 0.25) is 5.02 Å². The second-order valence-electron chi connectivity index (χ2n) is 9.55. The summed E-state index contributed by atoms with van der Waals surface area (Å²) >= 11 is 6.63. The van der Waals surface area contributed by atoms with Crippen LogP contribution in [0.1, 0.15) is 24.1 Å². The van der Waals surface area contributed by atoms with Crippen molar-refractivity contribution < 1.29 is 9.53 Å². The predicted octanol–water partition coefficient (Wildman–Crippen LogP) is 4.84. The van der Waals surface area contributed by atoms with E-state index in [1.165, 1.54) is 6.08 Å². The minimum absolute atomic E-state index is 0.249. The van der Waals surface area contributed by atoms with E-state index in [0.29, 0.717) is 16.7 Å². The SMILES string of the molecule is C=CC(=O)Nc1cccc(C2(c3nc(Nc4ccc(N5CCN(C)CC5)cc4OC)ncc3Cl)CC2)c1. The molecule has 2 N–H and O–H groups in total. The van der Waals surface area contributed by atoms with Gasteiger partial charge in [-0.3, -0.25) is 4.79 Å². The third-order valence-corrected chi connectivity index (χ3v) is 7.39. The number of carbonyl (C=O) groups excluding carboxylic acids is 1. The van der Waals surface area contributed by atoms with Crippen molar-refractivity contribution in [3.63, 3.8) is 0 Å². The van der Waals surface area contributed by atoms with Gasteiger partial charge in [-0.1, -0.05) is 30.3 Å². The van der Waals surface area contributed by atoms with Crippen molar-refractivity contribution in [2.24, 2.45) is 0 Å². The predicted molar refractivity (Wildman–Crippen MR) is 148 cm³/mol. The molecule has 1 aromatic heterocycles. The Morgan fingerprint density at radius 2 is 1.95 bits per heavy atom. The molecule has 0 radical (unpaired) electrons. The summed E-state index contributed by atoms with van der Waals surface area (Å²) in [7, 11) is 3.81. The van der Waals surface area contributed by atoms with Gasteiger partial charge in [0.1, 0.15) is 5.75 Å². The average molecular weight is 519 g/mol. The molecule has 192 valence electrons. The molecule has 0 bridgehead atoms. The zero-order valence-corrected chi connectivity index (χ0v) is 21.9. The van der Waals surface area contributed by atoms with Gasteiger partial charge in [-0.2, -0.15) is 0 Å². The minimum Gasteiger partial charge on any atom is -0.494 e. The van der Waals surface area contributed by atoms with Gasteiger partial charge in [0.25, 0.3) is 0 Å². The average Bonchev–Trinajstić information content (AvgIpc) is 3.72. The van der Waals surface area contributed by atoms with Crippen molar-refractivity contribution in [3.8, 4) is 5.75 Å². The standard InChI is InChI=1S/C28H31ClN6O2/c1-4-25(36)31-20-7-5-6-19(16-20)28(10-11-28)26-22(29)18-30-27(33-26)32-23-9-8-21(17-24(23)37-3)35-14-12-34(2)13-15-35/h4-9,16-18H,1,10-15H2,2-3H3,(H,31,36)(H,30,32,33). The van der Waals surface area contributed by atoms with Crippen LogP contribution in [0.15, 0.2) is 61.3 Å².